The minimum absolute atomic E-state index is 0.0173. The first kappa shape index (κ1) is 22.5. The van der Waals surface area contributed by atoms with Crippen molar-refractivity contribution in [2.75, 3.05) is 70.4 Å². The van der Waals surface area contributed by atoms with Gasteiger partial charge in [0.1, 0.15) is 0 Å². The molecule has 0 aromatic carbocycles. The monoisotopic (exact) mass is 428 g/mol. The number of piperazine rings is 1. The standard InChI is InChI=1S/C20H36N4O4S/c1-2-24(18-7-14-29(27,28)17-18)20(26)16-22-12-10-21(11-13-22)15-19(25)23-8-5-3-4-6-9-23/h18H,2-17H2,1H3. The molecule has 3 aliphatic rings. The van der Waals surface area contributed by atoms with Gasteiger partial charge in [0.25, 0.3) is 0 Å². The molecule has 3 fully saturated rings. The lowest BCUT2D eigenvalue weighted by Gasteiger charge is -2.36. The summed E-state index contributed by atoms with van der Waals surface area (Å²) in [6, 6.07) is -0.176. The summed E-state index contributed by atoms with van der Waals surface area (Å²) in [6.45, 7) is 8.14. The lowest BCUT2D eigenvalue weighted by Crippen LogP contribution is -2.53. The van der Waals surface area contributed by atoms with Gasteiger partial charge in [0.15, 0.2) is 9.84 Å². The molecule has 3 heterocycles. The average molecular weight is 429 g/mol. The second-order valence-electron chi connectivity index (χ2n) is 8.58. The van der Waals surface area contributed by atoms with Crippen LogP contribution in [0, 0.1) is 0 Å². The first-order valence-corrected chi connectivity index (χ1v) is 12.9. The Hall–Kier alpha value is -1.19. The van der Waals surface area contributed by atoms with Gasteiger partial charge < -0.3 is 9.80 Å². The number of carbonyl (C=O) groups excluding carboxylic acids is 2. The predicted molar refractivity (Wildman–Crippen MR) is 112 cm³/mol. The third-order valence-electron chi connectivity index (χ3n) is 6.45. The molecule has 166 valence electrons. The van der Waals surface area contributed by atoms with Crippen LogP contribution in [-0.2, 0) is 19.4 Å². The molecule has 3 saturated heterocycles. The number of rotatable bonds is 6. The van der Waals surface area contributed by atoms with Crippen LogP contribution in [0.3, 0.4) is 0 Å². The lowest BCUT2D eigenvalue weighted by molar-refractivity contribution is -0.136. The molecule has 0 aliphatic carbocycles. The molecule has 8 nitrogen and oxygen atoms in total. The maximum absolute atomic E-state index is 12.8. The molecule has 0 aromatic heterocycles. The Balaban J connectivity index is 1.42. The highest BCUT2D eigenvalue weighted by atomic mass is 32.2. The summed E-state index contributed by atoms with van der Waals surface area (Å²) in [4.78, 5) is 33.4. The number of likely N-dealkylation sites (N-methyl/N-ethyl adjacent to an activating group) is 1. The van der Waals surface area contributed by atoms with Crippen molar-refractivity contribution in [2.45, 2.75) is 45.1 Å². The van der Waals surface area contributed by atoms with Crippen LogP contribution in [0.1, 0.15) is 39.0 Å². The predicted octanol–water partition coefficient (Wildman–Crippen LogP) is 0.0422. The second-order valence-corrected chi connectivity index (χ2v) is 10.8. The van der Waals surface area contributed by atoms with E-state index in [1.54, 1.807) is 4.90 Å². The van der Waals surface area contributed by atoms with E-state index >= 15 is 0 Å². The summed E-state index contributed by atoms with van der Waals surface area (Å²) < 4.78 is 23.5. The zero-order valence-electron chi connectivity index (χ0n) is 17.7. The second kappa shape index (κ2) is 10.2. The molecule has 0 radical (unpaired) electrons. The molecule has 0 bridgehead atoms. The zero-order chi connectivity index (χ0) is 20.9. The van der Waals surface area contributed by atoms with E-state index in [4.69, 9.17) is 0 Å². The zero-order valence-corrected chi connectivity index (χ0v) is 18.5. The van der Waals surface area contributed by atoms with Gasteiger partial charge >= 0.3 is 0 Å². The molecule has 3 aliphatic heterocycles. The fraction of sp³-hybridized carbons (Fsp3) is 0.900. The lowest BCUT2D eigenvalue weighted by atomic mass is 10.2. The molecule has 1 unspecified atom stereocenters. The first-order chi connectivity index (χ1) is 13.9. The van der Waals surface area contributed by atoms with Crippen LogP contribution in [0.25, 0.3) is 0 Å². The minimum atomic E-state index is -3.00. The maximum atomic E-state index is 12.8. The number of carbonyl (C=O) groups is 2. The van der Waals surface area contributed by atoms with Crippen molar-refractivity contribution in [3.63, 3.8) is 0 Å². The van der Waals surface area contributed by atoms with Crippen LogP contribution >= 0.6 is 0 Å². The third kappa shape index (κ3) is 6.39. The van der Waals surface area contributed by atoms with Crippen molar-refractivity contribution in [2.24, 2.45) is 0 Å². The van der Waals surface area contributed by atoms with E-state index in [1.807, 2.05) is 11.8 Å². The maximum Gasteiger partial charge on any atom is 0.237 e. The fourth-order valence-electron chi connectivity index (χ4n) is 4.66. The highest BCUT2D eigenvalue weighted by Gasteiger charge is 2.34. The van der Waals surface area contributed by atoms with Gasteiger partial charge in [-0.25, -0.2) is 8.42 Å². The van der Waals surface area contributed by atoms with Gasteiger partial charge in [-0.15, -0.1) is 0 Å². The topological polar surface area (TPSA) is 81.2 Å². The molecule has 1 atom stereocenters. The Bertz CT molecular complexity index is 668. The average Bonchev–Trinajstić information content (AvgIpc) is 2.88. The first-order valence-electron chi connectivity index (χ1n) is 11.1. The molecule has 2 amide bonds. The van der Waals surface area contributed by atoms with E-state index in [0.29, 0.717) is 26.1 Å². The number of likely N-dealkylation sites (tertiary alicyclic amines) is 1. The summed E-state index contributed by atoms with van der Waals surface area (Å²) in [6.07, 6.45) is 5.21. The van der Waals surface area contributed by atoms with Gasteiger partial charge in [0, 0.05) is 51.9 Å². The molecule has 0 saturated carbocycles. The van der Waals surface area contributed by atoms with Crippen molar-refractivity contribution in [3.8, 4) is 0 Å². The summed E-state index contributed by atoms with van der Waals surface area (Å²) in [5.41, 5.74) is 0. The SMILES string of the molecule is CCN(C(=O)CN1CCN(CC(=O)N2CCCCCC2)CC1)C1CCS(=O)(=O)C1. The molecule has 3 rings (SSSR count). The van der Waals surface area contributed by atoms with E-state index in [9.17, 15) is 18.0 Å². The molecule has 0 spiro atoms. The van der Waals surface area contributed by atoms with Crippen LogP contribution in [0.2, 0.25) is 0 Å². The van der Waals surface area contributed by atoms with Crippen LogP contribution in [0.4, 0.5) is 0 Å². The fourth-order valence-corrected chi connectivity index (χ4v) is 6.39. The van der Waals surface area contributed by atoms with Gasteiger partial charge in [0.2, 0.25) is 11.8 Å². The highest BCUT2D eigenvalue weighted by molar-refractivity contribution is 7.91. The van der Waals surface area contributed by atoms with Crippen molar-refractivity contribution in [1.82, 2.24) is 19.6 Å². The van der Waals surface area contributed by atoms with E-state index in [0.717, 1.165) is 52.1 Å². The molecular weight excluding hydrogens is 392 g/mol. The Morgan fingerprint density at radius 1 is 0.897 bits per heavy atom. The van der Waals surface area contributed by atoms with Gasteiger partial charge in [-0.1, -0.05) is 12.8 Å². The number of amides is 2. The molecule has 9 heteroatoms. The summed E-state index contributed by atoms with van der Waals surface area (Å²) >= 11 is 0. The van der Waals surface area contributed by atoms with Crippen molar-refractivity contribution in [1.29, 1.82) is 0 Å². The normalized spacial score (nSPS) is 26.2. The van der Waals surface area contributed by atoms with E-state index in [-0.39, 0.29) is 29.4 Å². The van der Waals surface area contributed by atoms with Crippen LogP contribution in [-0.4, -0.2) is 116 Å². The van der Waals surface area contributed by atoms with E-state index < -0.39 is 9.84 Å². The highest BCUT2D eigenvalue weighted by Crippen LogP contribution is 2.18. The van der Waals surface area contributed by atoms with Gasteiger partial charge in [-0.2, -0.15) is 0 Å². The number of hydrogen-bond donors (Lipinski definition) is 0. The summed E-state index contributed by atoms with van der Waals surface area (Å²) in [5.74, 6) is 0.532. The number of hydrogen-bond acceptors (Lipinski definition) is 6. The van der Waals surface area contributed by atoms with Crippen LogP contribution in [0.5, 0.6) is 0 Å². The van der Waals surface area contributed by atoms with E-state index in [2.05, 4.69) is 9.80 Å². The summed E-state index contributed by atoms with van der Waals surface area (Å²) in [5, 5.41) is 0. The van der Waals surface area contributed by atoms with Crippen LogP contribution in [0.15, 0.2) is 0 Å². The molecular formula is C20H36N4O4S. The smallest absolute Gasteiger partial charge is 0.237 e. The molecule has 0 aromatic rings. The largest absolute Gasteiger partial charge is 0.342 e. The molecule has 0 N–H and O–H groups in total. The van der Waals surface area contributed by atoms with Gasteiger partial charge in [-0.3, -0.25) is 19.4 Å². The van der Waals surface area contributed by atoms with Crippen LogP contribution < -0.4 is 0 Å². The quantitative estimate of drug-likeness (QED) is 0.594. The summed E-state index contributed by atoms with van der Waals surface area (Å²) in [7, 11) is -3.00. The van der Waals surface area contributed by atoms with Crippen molar-refractivity contribution >= 4 is 21.7 Å². The van der Waals surface area contributed by atoms with E-state index in [1.165, 1.54) is 12.8 Å². The Morgan fingerprint density at radius 2 is 1.48 bits per heavy atom. The van der Waals surface area contributed by atoms with Gasteiger partial charge in [-0.05, 0) is 26.2 Å². The minimum Gasteiger partial charge on any atom is -0.342 e. The number of sulfone groups is 1. The Kier molecular flexibility index (Phi) is 7.92. The Morgan fingerprint density at radius 3 is 2.00 bits per heavy atom. The molecule has 29 heavy (non-hydrogen) atoms. The number of nitrogens with zero attached hydrogens (tertiary/aromatic N) is 4. The van der Waals surface area contributed by atoms with Crippen molar-refractivity contribution in [3.05, 3.63) is 0 Å². The van der Waals surface area contributed by atoms with Gasteiger partial charge in [0.05, 0.1) is 24.6 Å². The third-order valence-corrected chi connectivity index (χ3v) is 8.20. The van der Waals surface area contributed by atoms with Crippen molar-refractivity contribution < 1.29 is 18.0 Å². The Labute approximate surface area is 175 Å².